The van der Waals surface area contributed by atoms with Gasteiger partial charge in [0.15, 0.2) is 0 Å². The molecular weight excluding hydrogens is 450 g/mol. The zero-order valence-corrected chi connectivity index (χ0v) is 19.4. The molecule has 0 saturated carbocycles. The zero-order chi connectivity index (χ0) is 24.5. The number of rotatable bonds is 5. The van der Waals surface area contributed by atoms with Crippen molar-refractivity contribution in [3.63, 3.8) is 0 Å². The van der Waals surface area contributed by atoms with Crippen molar-refractivity contribution >= 4 is 28.0 Å². The van der Waals surface area contributed by atoms with Gasteiger partial charge in [0.2, 0.25) is 0 Å². The lowest BCUT2D eigenvalue weighted by Gasteiger charge is -2.25. The van der Waals surface area contributed by atoms with E-state index >= 15 is 0 Å². The second-order valence-corrected chi connectivity index (χ2v) is 8.63. The van der Waals surface area contributed by atoms with E-state index in [4.69, 9.17) is 0 Å². The molecule has 0 saturated heterocycles. The van der Waals surface area contributed by atoms with Gasteiger partial charge in [-0.2, -0.15) is 0 Å². The lowest BCUT2D eigenvalue weighted by atomic mass is 10.0. The Morgan fingerprint density at radius 3 is 1.50 bits per heavy atom. The summed E-state index contributed by atoms with van der Waals surface area (Å²) in [6.07, 6.45) is 2.09. The molecule has 0 N–H and O–H groups in total. The molecule has 36 heavy (non-hydrogen) atoms. The predicted octanol–water partition coefficient (Wildman–Crippen LogP) is 9.05. The molecule has 0 fully saturated rings. The molecule has 1 aromatic heterocycles. The summed E-state index contributed by atoms with van der Waals surface area (Å²) in [4.78, 5) is 1.98. The number of hydrogen-bond acceptors (Lipinski definition) is 1. The van der Waals surface area contributed by atoms with Crippen LogP contribution in [-0.2, 0) is 0 Å². The van der Waals surface area contributed by atoms with Gasteiger partial charge in [0, 0.05) is 28.9 Å². The summed E-state index contributed by atoms with van der Waals surface area (Å²) < 4.78 is 29.3. The predicted molar refractivity (Wildman–Crippen MR) is 143 cm³/mol. The SMILES string of the molecule is Fc1ccc(N(c2ccc(F)cc2)c2ccc(-c3ccc(-n4ccc5ccccc54)cc3)cc2)cc1. The van der Waals surface area contributed by atoms with Crippen LogP contribution in [0.1, 0.15) is 0 Å². The smallest absolute Gasteiger partial charge is 0.123 e. The molecule has 1 heterocycles. The molecule has 0 unspecified atom stereocenters. The highest BCUT2D eigenvalue weighted by Crippen LogP contribution is 2.36. The number of fused-ring (bicyclic) bond motifs is 1. The third kappa shape index (κ3) is 4.14. The molecule has 174 valence electrons. The van der Waals surface area contributed by atoms with Crippen LogP contribution < -0.4 is 4.90 Å². The molecule has 0 radical (unpaired) electrons. The Balaban J connectivity index is 1.32. The van der Waals surface area contributed by atoms with E-state index in [9.17, 15) is 8.78 Å². The van der Waals surface area contributed by atoms with E-state index in [0.717, 1.165) is 33.9 Å². The minimum atomic E-state index is -0.301. The Bertz CT molecular complexity index is 1570. The van der Waals surface area contributed by atoms with Gasteiger partial charge in [0.25, 0.3) is 0 Å². The molecule has 0 aliphatic heterocycles. The van der Waals surface area contributed by atoms with Crippen LogP contribution in [-0.4, -0.2) is 4.57 Å². The first-order valence-electron chi connectivity index (χ1n) is 11.7. The van der Waals surface area contributed by atoms with E-state index in [2.05, 4.69) is 71.4 Å². The Labute approximate surface area is 208 Å². The maximum absolute atomic E-state index is 13.6. The Kier molecular flexibility index (Phi) is 5.55. The Morgan fingerprint density at radius 1 is 0.472 bits per heavy atom. The normalized spacial score (nSPS) is 11.1. The summed E-state index contributed by atoms with van der Waals surface area (Å²) in [6.45, 7) is 0. The van der Waals surface area contributed by atoms with Crippen LogP contribution in [0.15, 0.2) is 134 Å². The maximum atomic E-state index is 13.6. The highest BCUT2D eigenvalue weighted by Gasteiger charge is 2.13. The molecule has 0 aliphatic carbocycles. The lowest BCUT2D eigenvalue weighted by molar-refractivity contribution is 0.628. The summed E-state index contributed by atoms with van der Waals surface area (Å²) in [5.74, 6) is -0.603. The van der Waals surface area contributed by atoms with Crippen LogP contribution >= 0.6 is 0 Å². The molecule has 0 spiro atoms. The van der Waals surface area contributed by atoms with Gasteiger partial charge < -0.3 is 9.47 Å². The summed E-state index contributed by atoms with van der Waals surface area (Å²) in [5.41, 5.74) is 6.95. The van der Waals surface area contributed by atoms with Crippen molar-refractivity contribution in [1.29, 1.82) is 0 Å². The summed E-state index contributed by atoms with van der Waals surface area (Å²) in [7, 11) is 0. The highest BCUT2D eigenvalue weighted by atomic mass is 19.1. The van der Waals surface area contributed by atoms with Gasteiger partial charge in [-0.05, 0) is 101 Å². The monoisotopic (exact) mass is 472 g/mol. The lowest BCUT2D eigenvalue weighted by Crippen LogP contribution is -2.09. The van der Waals surface area contributed by atoms with Crippen LogP contribution in [0.5, 0.6) is 0 Å². The summed E-state index contributed by atoms with van der Waals surface area (Å²) in [5, 5.41) is 1.21. The van der Waals surface area contributed by atoms with E-state index in [1.54, 1.807) is 24.3 Å². The molecule has 6 aromatic rings. The molecule has 0 amide bonds. The fraction of sp³-hybridized carbons (Fsp3) is 0. The fourth-order valence-corrected chi connectivity index (χ4v) is 4.55. The second kappa shape index (κ2) is 9.16. The average Bonchev–Trinajstić information content (AvgIpc) is 3.36. The van der Waals surface area contributed by atoms with Gasteiger partial charge >= 0.3 is 0 Å². The molecule has 6 rings (SSSR count). The van der Waals surface area contributed by atoms with Crippen molar-refractivity contribution in [2.24, 2.45) is 0 Å². The first-order valence-corrected chi connectivity index (χ1v) is 11.7. The van der Waals surface area contributed by atoms with E-state index in [1.165, 1.54) is 35.2 Å². The van der Waals surface area contributed by atoms with Crippen LogP contribution in [0.4, 0.5) is 25.8 Å². The summed E-state index contributed by atoms with van der Waals surface area (Å²) >= 11 is 0. The number of anilines is 3. The second-order valence-electron chi connectivity index (χ2n) is 8.63. The van der Waals surface area contributed by atoms with Crippen LogP contribution in [0.3, 0.4) is 0 Å². The molecule has 0 bridgehead atoms. The van der Waals surface area contributed by atoms with Gasteiger partial charge in [-0.15, -0.1) is 0 Å². The summed E-state index contributed by atoms with van der Waals surface area (Å²) in [6, 6.07) is 39.7. The molecule has 2 nitrogen and oxygen atoms in total. The van der Waals surface area contributed by atoms with E-state index in [-0.39, 0.29) is 11.6 Å². The minimum absolute atomic E-state index is 0.301. The minimum Gasteiger partial charge on any atom is -0.317 e. The van der Waals surface area contributed by atoms with Gasteiger partial charge in [0.1, 0.15) is 11.6 Å². The Hall–Kier alpha value is -4.70. The van der Waals surface area contributed by atoms with Crippen molar-refractivity contribution in [1.82, 2.24) is 4.57 Å². The molecule has 0 atom stereocenters. The maximum Gasteiger partial charge on any atom is 0.123 e. The topological polar surface area (TPSA) is 8.17 Å². The van der Waals surface area contributed by atoms with Crippen molar-refractivity contribution in [3.8, 4) is 16.8 Å². The van der Waals surface area contributed by atoms with Gasteiger partial charge in [0.05, 0.1) is 5.52 Å². The van der Waals surface area contributed by atoms with Crippen molar-refractivity contribution in [2.75, 3.05) is 4.90 Å². The molecule has 5 aromatic carbocycles. The molecule has 0 aliphatic rings. The quantitative estimate of drug-likeness (QED) is 0.243. The fourth-order valence-electron chi connectivity index (χ4n) is 4.55. The first-order chi connectivity index (χ1) is 17.7. The van der Waals surface area contributed by atoms with E-state index < -0.39 is 0 Å². The van der Waals surface area contributed by atoms with Crippen LogP contribution in [0.25, 0.3) is 27.7 Å². The standard InChI is InChI=1S/C32H22F2N2/c33-26-9-17-30(18-10-26)36(31-19-11-27(34)12-20-31)29-15-7-24(8-16-29)23-5-13-28(14-6-23)35-22-21-25-3-1-2-4-32(25)35/h1-22H. The third-order valence-corrected chi connectivity index (χ3v) is 6.37. The van der Waals surface area contributed by atoms with Crippen LogP contribution in [0, 0.1) is 11.6 Å². The number of benzene rings is 5. The first kappa shape index (κ1) is 21.8. The van der Waals surface area contributed by atoms with Gasteiger partial charge in [-0.1, -0.05) is 42.5 Å². The number of halogens is 2. The average molecular weight is 473 g/mol. The molecule has 4 heteroatoms. The number of aromatic nitrogens is 1. The van der Waals surface area contributed by atoms with E-state index in [0.29, 0.717) is 0 Å². The number of hydrogen-bond donors (Lipinski definition) is 0. The molecular formula is C32H22F2N2. The van der Waals surface area contributed by atoms with Gasteiger partial charge in [-0.25, -0.2) is 8.78 Å². The van der Waals surface area contributed by atoms with Crippen molar-refractivity contribution in [3.05, 3.63) is 145 Å². The van der Waals surface area contributed by atoms with Crippen LogP contribution in [0.2, 0.25) is 0 Å². The van der Waals surface area contributed by atoms with E-state index in [1.807, 2.05) is 23.1 Å². The highest BCUT2D eigenvalue weighted by molar-refractivity contribution is 5.82. The largest absolute Gasteiger partial charge is 0.317 e. The third-order valence-electron chi connectivity index (χ3n) is 6.37. The zero-order valence-electron chi connectivity index (χ0n) is 19.4. The Morgan fingerprint density at radius 2 is 0.944 bits per heavy atom. The number of para-hydroxylation sites is 1. The number of nitrogens with zero attached hydrogens (tertiary/aromatic N) is 2. The van der Waals surface area contributed by atoms with Crippen molar-refractivity contribution in [2.45, 2.75) is 0 Å². The van der Waals surface area contributed by atoms with Crippen molar-refractivity contribution < 1.29 is 8.78 Å². The van der Waals surface area contributed by atoms with Gasteiger partial charge in [-0.3, -0.25) is 0 Å².